The largest absolute Gasteiger partial charge is 0.494 e. The molecular weight excluding hydrogens is 478 g/mol. The predicted octanol–water partition coefficient (Wildman–Crippen LogP) is 3.85. The molecule has 0 spiro atoms. The molecule has 0 fully saturated rings. The number of benzene rings is 3. The van der Waals surface area contributed by atoms with Crippen molar-refractivity contribution in [3.63, 3.8) is 0 Å². The van der Waals surface area contributed by atoms with E-state index in [1.165, 1.54) is 0 Å². The summed E-state index contributed by atoms with van der Waals surface area (Å²) in [6.07, 6.45) is 2.56. The summed E-state index contributed by atoms with van der Waals surface area (Å²) >= 11 is 0. The first kappa shape index (κ1) is 26.7. The first-order valence-corrected chi connectivity index (χ1v) is 13.5. The number of para-hydroxylation sites is 1. The third-order valence-corrected chi connectivity index (χ3v) is 6.41. The molecule has 2 N–H and O–H groups in total. The van der Waals surface area contributed by atoms with E-state index in [0.717, 1.165) is 22.5 Å². The molecule has 0 heterocycles. The van der Waals surface area contributed by atoms with Crippen LogP contribution in [0.1, 0.15) is 29.3 Å². The van der Waals surface area contributed by atoms with Crippen molar-refractivity contribution in [2.45, 2.75) is 19.8 Å². The lowest BCUT2D eigenvalue weighted by atomic mass is 10.1. The Morgan fingerprint density at radius 3 is 2.25 bits per heavy atom. The molecule has 3 aromatic carbocycles. The Morgan fingerprint density at radius 2 is 1.58 bits per heavy atom. The fourth-order valence-corrected chi connectivity index (χ4v) is 4.36. The minimum Gasteiger partial charge on any atom is -0.494 e. The average Bonchev–Trinajstić information content (AvgIpc) is 2.86. The highest BCUT2D eigenvalue weighted by atomic mass is 32.2. The summed E-state index contributed by atoms with van der Waals surface area (Å²) in [7, 11) is -3.75. The number of anilines is 2. The van der Waals surface area contributed by atoms with E-state index in [1.54, 1.807) is 48.5 Å². The van der Waals surface area contributed by atoms with Crippen molar-refractivity contribution >= 4 is 33.2 Å². The van der Waals surface area contributed by atoms with Crippen molar-refractivity contribution in [1.29, 1.82) is 0 Å². The second kappa shape index (κ2) is 12.7. The number of amides is 2. The number of carbonyl (C=O) groups is 2. The number of hydrogen-bond donors (Lipinski definition) is 2. The molecule has 3 aromatic rings. The molecule has 0 aliphatic heterocycles. The average molecular weight is 510 g/mol. The summed E-state index contributed by atoms with van der Waals surface area (Å²) < 4.78 is 31.4. The summed E-state index contributed by atoms with van der Waals surface area (Å²) in [5.41, 5.74) is 2.03. The van der Waals surface area contributed by atoms with E-state index in [9.17, 15) is 18.0 Å². The Balaban J connectivity index is 1.66. The van der Waals surface area contributed by atoms with Gasteiger partial charge < -0.3 is 15.4 Å². The second-order valence-electron chi connectivity index (χ2n) is 8.20. The fraction of sp³-hybridized carbons (Fsp3) is 0.259. The van der Waals surface area contributed by atoms with Gasteiger partial charge in [-0.15, -0.1) is 0 Å². The minimum absolute atomic E-state index is 0.294. The Morgan fingerprint density at radius 1 is 0.917 bits per heavy atom. The Bertz CT molecular complexity index is 1260. The number of rotatable bonds is 12. The second-order valence-corrected chi connectivity index (χ2v) is 10.1. The van der Waals surface area contributed by atoms with Crippen LogP contribution in [-0.2, 0) is 21.2 Å². The summed E-state index contributed by atoms with van der Waals surface area (Å²) in [4.78, 5) is 25.6. The van der Waals surface area contributed by atoms with Gasteiger partial charge in [0.15, 0.2) is 0 Å². The van der Waals surface area contributed by atoms with Crippen LogP contribution >= 0.6 is 0 Å². The van der Waals surface area contributed by atoms with E-state index in [1.807, 2.05) is 37.3 Å². The van der Waals surface area contributed by atoms with Crippen LogP contribution in [0.3, 0.4) is 0 Å². The van der Waals surface area contributed by atoms with Gasteiger partial charge in [0.1, 0.15) is 12.3 Å². The number of hydrogen-bond acceptors (Lipinski definition) is 5. The van der Waals surface area contributed by atoms with Crippen LogP contribution in [0.25, 0.3) is 0 Å². The van der Waals surface area contributed by atoms with Crippen molar-refractivity contribution in [1.82, 2.24) is 5.32 Å². The Labute approximate surface area is 212 Å². The highest BCUT2D eigenvalue weighted by Crippen LogP contribution is 2.22. The Kier molecular flexibility index (Phi) is 9.46. The summed E-state index contributed by atoms with van der Waals surface area (Å²) in [5, 5.41) is 5.54. The summed E-state index contributed by atoms with van der Waals surface area (Å²) in [6, 6.07) is 22.9. The molecule has 36 heavy (non-hydrogen) atoms. The molecule has 8 nitrogen and oxygen atoms in total. The molecule has 3 rings (SSSR count). The minimum atomic E-state index is -3.75. The lowest BCUT2D eigenvalue weighted by molar-refractivity contribution is -0.114. The number of carbonyl (C=O) groups excluding carboxylic acids is 2. The van der Waals surface area contributed by atoms with Gasteiger partial charge in [-0.05, 0) is 54.8 Å². The zero-order valence-electron chi connectivity index (χ0n) is 20.4. The van der Waals surface area contributed by atoms with Crippen molar-refractivity contribution in [2.75, 3.05) is 35.6 Å². The molecule has 2 amide bonds. The smallest absolute Gasteiger partial charge is 0.253 e. The molecule has 0 atom stereocenters. The van der Waals surface area contributed by atoms with Gasteiger partial charge in [-0.25, -0.2) is 8.42 Å². The van der Waals surface area contributed by atoms with Crippen LogP contribution in [0, 0.1) is 0 Å². The quantitative estimate of drug-likeness (QED) is 0.386. The molecule has 190 valence electrons. The van der Waals surface area contributed by atoms with Crippen molar-refractivity contribution in [3.8, 4) is 5.75 Å². The van der Waals surface area contributed by atoms with E-state index >= 15 is 0 Å². The van der Waals surface area contributed by atoms with Crippen LogP contribution in [0.15, 0.2) is 78.9 Å². The maximum atomic E-state index is 12.9. The molecule has 0 aliphatic rings. The Hall–Kier alpha value is -3.85. The molecular formula is C27H31N3O5S. The van der Waals surface area contributed by atoms with Crippen molar-refractivity contribution < 1.29 is 22.7 Å². The highest BCUT2D eigenvalue weighted by molar-refractivity contribution is 7.92. The number of nitrogens with zero attached hydrogens (tertiary/aromatic N) is 1. The molecule has 0 radical (unpaired) electrons. The first-order chi connectivity index (χ1) is 17.3. The lowest BCUT2D eigenvalue weighted by Gasteiger charge is -2.22. The van der Waals surface area contributed by atoms with Crippen molar-refractivity contribution in [2.24, 2.45) is 0 Å². The maximum Gasteiger partial charge on any atom is 0.253 e. The van der Waals surface area contributed by atoms with Gasteiger partial charge in [0.2, 0.25) is 15.9 Å². The van der Waals surface area contributed by atoms with Gasteiger partial charge in [0.05, 0.1) is 29.8 Å². The van der Waals surface area contributed by atoms with Crippen LogP contribution in [0.4, 0.5) is 11.4 Å². The van der Waals surface area contributed by atoms with Crippen LogP contribution in [0.2, 0.25) is 0 Å². The maximum absolute atomic E-state index is 12.9. The van der Waals surface area contributed by atoms with Gasteiger partial charge in [-0.3, -0.25) is 13.9 Å². The standard InChI is InChI=1S/C27H31N3O5S/c1-3-19-35-23-15-13-22(14-16-23)30(36(2,33)34)20-26(31)29-25-12-8-7-11-24(25)27(32)28-18-17-21-9-5-4-6-10-21/h4-16H,3,17-20H2,1-2H3,(H,28,32)(H,29,31). The monoisotopic (exact) mass is 509 g/mol. The SMILES string of the molecule is CCCOc1ccc(N(CC(=O)Nc2ccccc2C(=O)NCCc2ccccc2)S(C)(=O)=O)cc1. The lowest BCUT2D eigenvalue weighted by Crippen LogP contribution is -2.37. The van der Waals surface area contributed by atoms with Crippen LogP contribution < -0.4 is 19.7 Å². The highest BCUT2D eigenvalue weighted by Gasteiger charge is 2.22. The third kappa shape index (κ3) is 7.84. The van der Waals surface area contributed by atoms with Gasteiger partial charge in [-0.2, -0.15) is 0 Å². The fourth-order valence-electron chi connectivity index (χ4n) is 3.50. The zero-order valence-corrected chi connectivity index (χ0v) is 21.3. The van der Waals surface area contributed by atoms with Crippen molar-refractivity contribution in [3.05, 3.63) is 90.0 Å². The van der Waals surface area contributed by atoms with Crippen LogP contribution in [0.5, 0.6) is 5.75 Å². The van der Waals surface area contributed by atoms with E-state index in [4.69, 9.17) is 4.74 Å². The van der Waals surface area contributed by atoms with Gasteiger partial charge in [-0.1, -0.05) is 49.4 Å². The van der Waals surface area contributed by atoms with E-state index in [2.05, 4.69) is 10.6 Å². The normalized spacial score (nSPS) is 10.9. The van der Waals surface area contributed by atoms with E-state index < -0.39 is 22.5 Å². The van der Waals surface area contributed by atoms with Gasteiger partial charge in [0, 0.05) is 6.54 Å². The molecule has 0 bridgehead atoms. The third-order valence-electron chi connectivity index (χ3n) is 5.27. The zero-order chi connectivity index (χ0) is 26.0. The van der Waals surface area contributed by atoms with E-state index in [-0.39, 0.29) is 5.91 Å². The molecule has 9 heteroatoms. The number of nitrogens with one attached hydrogen (secondary N) is 2. The topological polar surface area (TPSA) is 105 Å². The van der Waals surface area contributed by atoms with Crippen LogP contribution in [-0.4, -0.2) is 46.2 Å². The first-order valence-electron chi connectivity index (χ1n) is 11.7. The predicted molar refractivity (Wildman–Crippen MR) is 142 cm³/mol. The molecule has 0 unspecified atom stereocenters. The summed E-state index contributed by atoms with van der Waals surface area (Å²) in [6.45, 7) is 2.53. The molecule has 0 aliphatic carbocycles. The number of sulfonamides is 1. The van der Waals surface area contributed by atoms with E-state index in [0.29, 0.717) is 42.3 Å². The number of ether oxygens (including phenoxy) is 1. The van der Waals surface area contributed by atoms with Gasteiger partial charge in [0.25, 0.3) is 5.91 Å². The molecule has 0 saturated heterocycles. The molecule has 0 aromatic heterocycles. The molecule has 0 saturated carbocycles. The van der Waals surface area contributed by atoms with Gasteiger partial charge >= 0.3 is 0 Å². The summed E-state index contributed by atoms with van der Waals surface area (Å²) in [5.74, 6) is -0.286.